The van der Waals surface area contributed by atoms with Crippen LogP contribution in [-0.2, 0) is 0 Å². The minimum Gasteiger partial charge on any atom is -0.361 e. The average Bonchev–Trinajstić information content (AvgIpc) is 2.62. The molecule has 0 aliphatic heterocycles. The number of benzene rings is 1. The fraction of sp³-hybridized carbons (Fsp3) is 0.333. The summed E-state index contributed by atoms with van der Waals surface area (Å²) >= 11 is 0. The summed E-state index contributed by atoms with van der Waals surface area (Å²) in [6.07, 6.45) is 1.95. The van der Waals surface area contributed by atoms with Crippen molar-refractivity contribution in [2.45, 2.75) is 19.9 Å². The molecule has 74 valence electrons. The molecule has 1 aromatic carbocycles. The van der Waals surface area contributed by atoms with Crippen LogP contribution in [0.4, 0.5) is 0 Å². The van der Waals surface area contributed by atoms with E-state index < -0.39 is 0 Å². The van der Waals surface area contributed by atoms with Crippen molar-refractivity contribution in [2.75, 3.05) is 0 Å². The molecule has 0 aliphatic rings. The quantitative estimate of drug-likeness (QED) is 0.747. The van der Waals surface area contributed by atoms with Gasteiger partial charge in [-0.1, -0.05) is 26.0 Å². The number of H-pyrrole nitrogens is 1. The fourth-order valence-corrected chi connectivity index (χ4v) is 1.66. The number of nitrogens with two attached hydrogens (primary N) is 1. The first-order valence-corrected chi connectivity index (χ1v) is 5.01. The zero-order chi connectivity index (χ0) is 10.1. The third-order valence-electron chi connectivity index (χ3n) is 2.68. The minimum atomic E-state index is 0.127. The van der Waals surface area contributed by atoms with Crippen LogP contribution >= 0.6 is 0 Å². The number of rotatable bonds is 2. The molecule has 1 heterocycles. The van der Waals surface area contributed by atoms with Gasteiger partial charge in [0.25, 0.3) is 0 Å². The summed E-state index contributed by atoms with van der Waals surface area (Å²) in [4.78, 5) is 3.20. The van der Waals surface area contributed by atoms with Crippen LogP contribution in [0.1, 0.15) is 25.5 Å². The number of hydrogen-bond donors (Lipinski definition) is 2. The van der Waals surface area contributed by atoms with Crippen molar-refractivity contribution in [3.63, 3.8) is 0 Å². The molecule has 1 aromatic heterocycles. The Morgan fingerprint density at radius 2 is 2.00 bits per heavy atom. The predicted octanol–water partition coefficient (Wildman–Crippen LogP) is 2.82. The number of nitrogens with one attached hydrogen (secondary N) is 1. The van der Waals surface area contributed by atoms with Crippen LogP contribution in [0, 0.1) is 5.92 Å². The molecule has 0 bridgehead atoms. The van der Waals surface area contributed by atoms with E-state index in [0.717, 1.165) is 0 Å². The summed E-state index contributed by atoms with van der Waals surface area (Å²) < 4.78 is 0. The Bertz CT molecular complexity index is 429. The molecule has 0 radical (unpaired) electrons. The van der Waals surface area contributed by atoms with Gasteiger partial charge in [-0.05, 0) is 29.0 Å². The monoisotopic (exact) mass is 188 g/mol. The van der Waals surface area contributed by atoms with E-state index in [4.69, 9.17) is 5.73 Å². The molecule has 0 saturated heterocycles. The Morgan fingerprint density at radius 1 is 1.21 bits per heavy atom. The first-order valence-electron chi connectivity index (χ1n) is 5.01. The average molecular weight is 188 g/mol. The van der Waals surface area contributed by atoms with E-state index in [1.54, 1.807) is 0 Å². The predicted molar refractivity (Wildman–Crippen MR) is 60.1 cm³/mol. The molecular weight excluding hydrogens is 172 g/mol. The maximum Gasteiger partial charge on any atom is 0.0457 e. The first-order chi connectivity index (χ1) is 6.68. The topological polar surface area (TPSA) is 41.8 Å². The van der Waals surface area contributed by atoms with Crippen molar-refractivity contribution in [1.82, 2.24) is 4.98 Å². The molecule has 2 aromatic rings. The highest BCUT2D eigenvalue weighted by molar-refractivity contribution is 5.79. The van der Waals surface area contributed by atoms with Crippen LogP contribution in [-0.4, -0.2) is 4.98 Å². The standard InChI is InChI=1S/C12H16N2/c1-8(2)12(13)10-4-3-9-5-6-14-11(9)7-10/h3-8,12,14H,13H2,1-2H3/t12-/m1/s1. The van der Waals surface area contributed by atoms with Crippen molar-refractivity contribution in [3.8, 4) is 0 Å². The van der Waals surface area contributed by atoms with E-state index in [0.29, 0.717) is 5.92 Å². The Hall–Kier alpha value is -1.28. The summed E-state index contributed by atoms with van der Waals surface area (Å²) in [7, 11) is 0. The van der Waals surface area contributed by atoms with Gasteiger partial charge < -0.3 is 10.7 Å². The summed E-state index contributed by atoms with van der Waals surface area (Å²) in [5, 5.41) is 1.24. The van der Waals surface area contributed by atoms with Crippen LogP contribution in [0.15, 0.2) is 30.5 Å². The Kier molecular flexibility index (Phi) is 2.30. The van der Waals surface area contributed by atoms with Gasteiger partial charge >= 0.3 is 0 Å². The van der Waals surface area contributed by atoms with E-state index in [9.17, 15) is 0 Å². The van der Waals surface area contributed by atoms with Gasteiger partial charge in [-0.3, -0.25) is 0 Å². The maximum atomic E-state index is 6.08. The normalized spacial score (nSPS) is 13.7. The van der Waals surface area contributed by atoms with Crippen LogP contribution in [0.25, 0.3) is 10.9 Å². The second kappa shape index (κ2) is 3.46. The Balaban J connectivity index is 2.43. The van der Waals surface area contributed by atoms with Crippen LogP contribution in [0.3, 0.4) is 0 Å². The third-order valence-corrected chi connectivity index (χ3v) is 2.68. The van der Waals surface area contributed by atoms with Gasteiger partial charge in [0.15, 0.2) is 0 Å². The number of hydrogen-bond acceptors (Lipinski definition) is 1. The summed E-state index contributed by atoms with van der Waals surface area (Å²) in [5.74, 6) is 0.474. The highest BCUT2D eigenvalue weighted by Crippen LogP contribution is 2.22. The van der Waals surface area contributed by atoms with Gasteiger partial charge in [0, 0.05) is 17.8 Å². The third kappa shape index (κ3) is 1.53. The molecule has 2 nitrogen and oxygen atoms in total. The van der Waals surface area contributed by atoms with Crippen LogP contribution in [0.5, 0.6) is 0 Å². The second-order valence-corrected chi connectivity index (χ2v) is 4.09. The number of fused-ring (bicyclic) bond motifs is 1. The van der Waals surface area contributed by atoms with Gasteiger partial charge in [-0.2, -0.15) is 0 Å². The molecule has 3 N–H and O–H groups in total. The van der Waals surface area contributed by atoms with E-state index in [1.807, 2.05) is 6.20 Å². The maximum absolute atomic E-state index is 6.08. The molecule has 0 aliphatic carbocycles. The number of aromatic amines is 1. The highest BCUT2D eigenvalue weighted by Gasteiger charge is 2.10. The van der Waals surface area contributed by atoms with Gasteiger partial charge in [0.1, 0.15) is 0 Å². The van der Waals surface area contributed by atoms with Crippen LogP contribution < -0.4 is 5.73 Å². The molecule has 0 amide bonds. The zero-order valence-corrected chi connectivity index (χ0v) is 8.62. The van der Waals surface area contributed by atoms with Crippen LogP contribution in [0.2, 0.25) is 0 Å². The molecular formula is C12H16N2. The second-order valence-electron chi connectivity index (χ2n) is 4.09. The van der Waals surface area contributed by atoms with Gasteiger partial charge in [0.05, 0.1) is 0 Å². The van der Waals surface area contributed by atoms with Crippen molar-refractivity contribution in [1.29, 1.82) is 0 Å². The summed E-state index contributed by atoms with van der Waals surface area (Å²) in [6, 6.07) is 8.56. The van der Waals surface area contributed by atoms with Gasteiger partial charge in [-0.15, -0.1) is 0 Å². The molecule has 0 spiro atoms. The van der Waals surface area contributed by atoms with Gasteiger partial charge in [-0.25, -0.2) is 0 Å². The molecule has 0 fully saturated rings. The van der Waals surface area contributed by atoms with Crippen molar-refractivity contribution in [2.24, 2.45) is 11.7 Å². The van der Waals surface area contributed by atoms with E-state index >= 15 is 0 Å². The molecule has 2 rings (SSSR count). The molecule has 0 saturated carbocycles. The zero-order valence-electron chi connectivity index (χ0n) is 8.62. The lowest BCUT2D eigenvalue weighted by Crippen LogP contribution is -2.16. The largest absolute Gasteiger partial charge is 0.361 e. The van der Waals surface area contributed by atoms with Crippen molar-refractivity contribution < 1.29 is 0 Å². The van der Waals surface area contributed by atoms with E-state index in [2.05, 4.69) is 43.1 Å². The molecule has 2 heteroatoms. The smallest absolute Gasteiger partial charge is 0.0457 e. The fourth-order valence-electron chi connectivity index (χ4n) is 1.66. The highest BCUT2D eigenvalue weighted by atomic mass is 14.7. The molecule has 1 atom stereocenters. The summed E-state index contributed by atoms with van der Waals surface area (Å²) in [5.41, 5.74) is 8.45. The van der Waals surface area contributed by atoms with Gasteiger partial charge in [0.2, 0.25) is 0 Å². The Morgan fingerprint density at radius 3 is 2.71 bits per heavy atom. The lowest BCUT2D eigenvalue weighted by molar-refractivity contribution is 0.514. The molecule has 14 heavy (non-hydrogen) atoms. The Labute approximate surface area is 84.1 Å². The van der Waals surface area contributed by atoms with E-state index in [1.165, 1.54) is 16.5 Å². The van der Waals surface area contributed by atoms with Crippen molar-refractivity contribution >= 4 is 10.9 Å². The lowest BCUT2D eigenvalue weighted by atomic mass is 9.96. The first kappa shape index (κ1) is 9.28. The van der Waals surface area contributed by atoms with Crippen molar-refractivity contribution in [3.05, 3.63) is 36.0 Å². The number of aromatic nitrogens is 1. The molecule has 0 unspecified atom stereocenters. The SMILES string of the molecule is CC(C)[C@@H](N)c1ccc2cc[nH]c2c1. The van der Waals surface area contributed by atoms with E-state index in [-0.39, 0.29) is 6.04 Å². The lowest BCUT2D eigenvalue weighted by Gasteiger charge is -2.15. The summed E-state index contributed by atoms with van der Waals surface area (Å²) in [6.45, 7) is 4.28. The minimum absolute atomic E-state index is 0.127.